The van der Waals surface area contributed by atoms with Crippen molar-refractivity contribution in [3.63, 3.8) is 0 Å². The number of carbonyl (C=O) groups excluding carboxylic acids is 1. The number of benzene rings is 1. The van der Waals surface area contributed by atoms with Gasteiger partial charge in [0.15, 0.2) is 0 Å². The van der Waals surface area contributed by atoms with E-state index >= 15 is 0 Å². The second kappa shape index (κ2) is 8.03. The minimum Gasteiger partial charge on any atom is -0.349 e. The maximum atomic E-state index is 13.1. The van der Waals surface area contributed by atoms with Crippen LogP contribution in [0.25, 0.3) is 5.52 Å². The summed E-state index contributed by atoms with van der Waals surface area (Å²) in [5.74, 6) is 0.194. The van der Waals surface area contributed by atoms with E-state index in [1.54, 1.807) is 35.9 Å². The van der Waals surface area contributed by atoms with Crippen LogP contribution < -0.4 is 11.0 Å². The molecule has 0 saturated carbocycles. The van der Waals surface area contributed by atoms with E-state index in [-0.39, 0.29) is 23.5 Å². The molecule has 0 saturated heterocycles. The lowest BCUT2D eigenvalue weighted by Crippen LogP contribution is -2.36. The molecule has 0 bridgehead atoms. The van der Waals surface area contributed by atoms with Crippen molar-refractivity contribution in [1.82, 2.24) is 34.5 Å². The monoisotopic (exact) mass is 435 g/mol. The number of nitrogens with zero attached hydrogens (tertiary/aromatic N) is 6. The Morgan fingerprint density at radius 2 is 2.00 bits per heavy atom. The summed E-state index contributed by atoms with van der Waals surface area (Å²) >= 11 is 0. The Kier molecular flexibility index (Phi) is 5.04. The molecule has 164 valence electrons. The fraction of sp³-hybridized carbons (Fsp3) is 0.318. The largest absolute Gasteiger partial charge is 0.349 e. The van der Waals surface area contributed by atoms with Crippen LogP contribution in [0.5, 0.6) is 0 Å². The summed E-state index contributed by atoms with van der Waals surface area (Å²) in [6.45, 7) is 2.55. The third kappa shape index (κ3) is 3.68. The average Bonchev–Trinajstić information content (AvgIpc) is 3.18. The Morgan fingerprint density at radius 1 is 1.19 bits per heavy atom. The maximum absolute atomic E-state index is 13.1. The van der Waals surface area contributed by atoms with Crippen LogP contribution in [0.3, 0.4) is 0 Å². The van der Waals surface area contributed by atoms with E-state index in [4.69, 9.17) is 0 Å². The van der Waals surface area contributed by atoms with Crippen molar-refractivity contribution < 1.29 is 9.18 Å². The van der Waals surface area contributed by atoms with E-state index in [1.165, 1.54) is 21.4 Å². The highest BCUT2D eigenvalue weighted by molar-refractivity contribution is 6.02. The summed E-state index contributed by atoms with van der Waals surface area (Å²) in [7, 11) is 0. The first-order valence-corrected chi connectivity index (χ1v) is 10.5. The van der Waals surface area contributed by atoms with Gasteiger partial charge in [0.2, 0.25) is 0 Å². The topological polar surface area (TPSA) is 99.1 Å². The number of aryl methyl sites for hydroxylation is 2. The van der Waals surface area contributed by atoms with Gasteiger partial charge in [-0.05, 0) is 49.6 Å². The van der Waals surface area contributed by atoms with Gasteiger partial charge in [0.1, 0.15) is 17.2 Å². The molecule has 4 aromatic rings. The van der Waals surface area contributed by atoms with Crippen molar-refractivity contribution in [2.75, 3.05) is 0 Å². The molecule has 32 heavy (non-hydrogen) atoms. The van der Waals surface area contributed by atoms with Crippen LogP contribution in [-0.2, 0) is 19.5 Å². The lowest BCUT2D eigenvalue weighted by atomic mass is 10.1. The van der Waals surface area contributed by atoms with Gasteiger partial charge in [-0.15, -0.1) is 0 Å². The van der Waals surface area contributed by atoms with Gasteiger partial charge in [-0.2, -0.15) is 19.9 Å². The van der Waals surface area contributed by atoms with Gasteiger partial charge in [-0.1, -0.05) is 12.1 Å². The summed E-state index contributed by atoms with van der Waals surface area (Å²) in [5.41, 5.74) is 2.41. The van der Waals surface area contributed by atoms with Crippen molar-refractivity contribution in [3.8, 4) is 0 Å². The summed E-state index contributed by atoms with van der Waals surface area (Å²) < 4.78 is 17.7. The number of nitrogens with one attached hydrogen (secondary N) is 1. The second-order valence-electron chi connectivity index (χ2n) is 7.99. The van der Waals surface area contributed by atoms with Crippen molar-refractivity contribution in [2.45, 2.75) is 45.3 Å². The molecular weight excluding hydrogens is 413 g/mol. The molecule has 4 heterocycles. The van der Waals surface area contributed by atoms with Crippen molar-refractivity contribution in [3.05, 3.63) is 81.5 Å². The van der Waals surface area contributed by atoms with Crippen LogP contribution in [0.15, 0.2) is 47.4 Å². The number of aromatic nitrogens is 6. The van der Waals surface area contributed by atoms with Crippen LogP contribution >= 0.6 is 0 Å². The SMILES string of the molecule is Cc1nn2ncccc2c1C(=O)NC1CCc2nn(Cc3ccc(F)cc3)c(=O)n2CC1. The van der Waals surface area contributed by atoms with Gasteiger partial charge in [0, 0.05) is 25.2 Å². The zero-order valence-electron chi connectivity index (χ0n) is 17.5. The first-order chi connectivity index (χ1) is 15.5. The minimum atomic E-state index is -0.314. The van der Waals surface area contributed by atoms with E-state index in [0.29, 0.717) is 55.0 Å². The molecule has 9 nitrogen and oxygen atoms in total. The summed E-state index contributed by atoms with van der Waals surface area (Å²) in [4.78, 5) is 25.8. The zero-order valence-corrected chi connectivity index (χ0v) is 17.5. The van der Waals surface area contributed by atoms with Gasteiger partial charge in [0.05, 0.1) is 17.8 Å². The highest BCUT2D eigenvalue weighted by Crippen LogP contribution is 2.17. The minimum absolute atomic E-state index is 0.0832. The molecule has 1 N–H and O–H groups in total. The molecule has 0 aliphatic carbocycles. The van der Waals surface area contributed by atoms with E-state index in [9.17, 15) is 14.0 Å². The summed E-state index contributed by atoms with van der Waals surface area (Å²) in [5, 5.41) is 16.0. The van der Waals surface area contributed by atoms with Crippen LogP contribution in [0.4, 0.5) is 4.39 Å². The van der Waals surface area contributed by atoms with E-state index in [0.717, 1.165) is 5.56 Å². The highest BCUT2D eigenvalue weighted by atomic mass is 19.1. The normalized spacial score (nSPS) is 16.0. The molecular formula is C22H22FN7O2. The van der Waals surface area contributed by atoms with Crippen LogP contribution in [0.2, 0.25) is 0 Å². The van der Waals surface area contributed by atoms with Gasteiger partial charge >= 0.3 is 5.69 Å². The van der Waals surface area contributed by atoms with Crippen molar-refractivity contribution in [1.29, 1.82) is 0 Å². The predicted molar refractivity (Wildman–Crippen MR) is 114 cm³/mol. The molecule has 0 radical (unpaired) electrons. The van der Waals surface area contributed by atoms with E-state index in [1.807, 2.05) is 6.07 Å². The van der Waals surface area contributed by atoms with E-state index < -0.39 is 0 Å². The number of hydrogen-bond donors (Lipinski definition) is 1. The van der Waals surface area contributed by atoms with Gasteiger partial charge in [-0.3, -0.25) is 9.36 Å². The fourth-order valence-electron chi connectivity index (χ4n) is 4.18. The molecule has 0 fully saturated rings. The van der Waals surface area contributed by atoms with Gasteiger partial charge in [0.25, 0.3) is 5.91 Å². The summed E-state index contributed by atoms with van der Waals surface area (Å²) in [6.07, 6.45) is 3.50. The number of fused-ring (bicyclic) bond motifs is 2. The zero-order chi connectivity index (χ0) is 22.2. The quantitative estimate of drug-likeness (QED) is 0.526. The Morgan fingerprint density at radius 3 is 2.81 bits per heavy atom. The smallest absolute Gasteiger partial charge is 0.346 e. The lowest BCUT2D eigenvalue weighted by Gasteiger charge is -2.16. The molecule has 1 aliphatic heterocycles. The molecule has 1 aliphatic rings. The highest BCUT2D eigenvalue weighted by Gasteiger charge is 2.24. The first kappa shape index (κ1) is 20.1. The molecule has 1 amide bonds. The van der Waals surface area contributed by atoms with Gasteiger partial charge in [-0.25, -0.2) is 13.9 Å². The third-order valence-electron chi connectivity index (χ3n) is 5.82. The molecule has 1 aromatic carbocycles. The van der Waals surface area contributed by atoms with Gasteiger partial charge < -0.3 is 5.32 Å². The number of hydrogen-bond acceptors (Lipinski definition) is 5. The number of amides is 1. The molecule has 0 spiro atoms. The number of rotatable bonds is 4. The molecule has 1 atom stereocenters. The molecule has 10 heteroatoms. The number of carbonyl (C=O) groups is 1. The molecule has 3 aromatic heterocycles. The third-order valence-corrected chi connectivity index (χ3v) is 5.82. The first-order valence-electron chi connectivity index (χ1n) is 10.5. The molecule has 1 unspecified atom stereocenters. The Bertz CT molecular complexity index is 1350. The Labute approximate surface area is 182 Å². The predicted octanol–water partition coefficient (Wildman–Crippen LogP) is 1.72. The summed E-state index contributed by atoms with van der Waals surface area (Å²) in [6, 6.07) is 9.54. The Hall–Kier alpha value is -3.82. The van der Waals surface area contributed by atoms with Crippen LogP contribution in [0.1, 0.15) is 40.3 Å². The van der Waals surface area contributed by atoms with Crippen LogP contribution in [0, 0.1) is 12.7 Å². The number of halogens is 1. The Balaban J connectivity index is 1.29. The standard InChI is InChI=1S/C22H22FN7O2/c1-14-20(18-3-2-11-24-30(18)26-14)21(31)25-17-8-9-19-27-29(22(32)28(19)12-10-17)13-15-4-6-16(23)7-5-15/h2-7,11,17H,8-10,12-13H2,1H3,(H,25,31). The van der Waals surface area contributed by atoms with E-state index in [2.05, 4.69) is 20.6 Å². The van der Waals surface area contributed by atoms with Crippen molar-refractivity contribution >= 4 is 11.4 Å². The lowest BCUT2D eigenvalue weighted by molar-refractivity contribution is 0.0934. The average molecular weight is 435 g/mol. The van der Waals surface area contributed by atoms with Crippen molar-refractivity contribution in [2.24, 2.45) is 0 Å². The van der Waals surface area contributed by atoms with Crippen LogP contribution in [-0.4, -0.2) is 41.1 Å². The molecule has 5 rings (SSSR count). The second-order valence-corrected chi connectivity index (χ2v) is 7.99. The maximum Gasteiger partial charge on any atom is 0.346 e. The fourth-order valence-corrected chi connectivity index (χ4v) is 4.18.